The van der Waals surface area contributed by atoms with Crippen LogP contribution in [0.1, 0.15) is 50.1 Å². The molecule has 0 atom stereocenters. The van der Waals surface area contributed by atoms with Crippen molar-refractivity contribution in [3.05, 3.63) is 65.5 Å². The molecule has 0 bridgehead atoms. The lowest BCUT2D eigenvalue weighted by atomic mass is 9.85. The third-order valence-electron chi connectivity index (χ3n) is 6.36. The molecule has 1 amide bonds. The van der Waals surface area contributed by atoms with E-state index in [9.17, 15) is 14.7 Å². The molecule has 2 N–H and O–H groups in total. The molecule has 1 heterocycles. The average molecular weight is 493 g/mol. The van der Waals surface area contributed by atoms with E-state index in [2.05, 4.69) is 10.3 Å². The number of carbonyl (C=O) groups is 2. The Hall–Kier alpha value is -3.81. The summed E-state index contributed by atoms with van der Waals surface area (Å²) in [6.45, 7) is 5.45. The van der Waals surface area contributed by atoms with Gasteiger partial charge in [-0.25, -0.2) is 9.78 Å². The van der Waals surface area contributed by atoms with Gasteiger partial charge in [-0.3, -0.25) is 4.79 Å². The fourth-order valence-corrected chi connectivity index (χ4v) is 3.83. The largest absolute Gasteiger partial charge is 0.493 e. The van der Waals surface area contributed by atoms with Crippen LogP contribution in [0.25, 0.3) is 11.5 Å². The molecule has 36 heavy (non-hydrogen) atoms. The van der Waals surface area contributed by atoms with Crippen LogP contribution >= 0.6 is 0 Å². The van der Waals surface area contributed by atoms with Crippen molar-refractivity contribution in [3.8, 4) is 23.0 Å². The van der Waals surface area contributed by atoms with Crippen molar-refractivity contribution in [2.75, 3.05) is 6.61 Å². The van der Waals surface area contributed by atoms with Gasteiger partial charge >= 0.3 is 5.97 Å². The summed E-state index contributed by atoms with van der Waals surface area (Å²) >= 11 is 0. The van der Waals surface area contributed by atoms with Gasteiger partial charge in [-0.05, 0) is 63.9 Å². The zero-order valence-corrected chi connectivity index (χ0v) is 20.9. The van der Waals surface area contributed by atoms with Gasteiger partial charge in [-0.15, -0.1) is 0 Å². The number of rotatable bonds is 11. The third-order valence-corrected chi connectivity index (χ3v) is 6.36. The first kappa shape index (κ1) is 25.3. The van der Waals surface area contributed by atoms with Crippen molar-refractivity contribution in [3.63, 3.8) is 0 Å². The lowest BCUT2D eigenvalue weighted by Crippen LogP contribution is -2.38. The first-order chi connectivity index (χ1) is 17.2. The highest BCUT2D eigenvalue weighted by Crippen LogP contribution is 2.30. The predicted octanol–water partition coefficient (Wildman–Crippen LogP) is 4.93. The Labute approximate surface area is 210 Å². The molecule has 8 nitrogen and oxygen atoms in total. The van der Waals surface area contributed by atoms with Crippen molar-refractivity contribution in [2.24, 2.45) is 5.92 Å². The lowest BCUT2D eigenvalue weighted by Gasteiger charge is -2.26. The molecule has 3 aromatic rings. The van der Waals surface area contributed by atoms with Gasteiger partial charge in [0.05, 0.1) is 12.3 Å². The smallest absolute Gasteiger partial charge is 0.347 e. The molecule has 0 radical (unpaired) electrons. The summed E-state index contributed by atoms with van der Waals surface area (Å²) in [7, 11) is 0. The molecule has 1 aliphatic carbocycles. The molecule has 1 fully saturated rings. The number of nitrogens with zero attached hydrogens (tertiary/aromatic N) is 1. The molecular formula is C28H32N2O6. The minimum absolute atomic E-state index is 0.00624. The van der Waals surface area contributed by atoms with Crippen LogP contribution < -0.4 is 14.8 Å². The first-order valence-corrected chi connectivity index (χ1v) is 12.2. The Kier molecular flexibility index (Phi) is 7.62. The zero-order valence-electron chi connectivity index (χ0n) is 20.9. The SMILES string of the molecule is Cc1oc(-c2ccccc2)nc1CCOc1ccc(OC(C)(C)C(=O)O)c(CNC(=O)C2CCC2)c1. The summed E-state index contributed by atoms with van der Waals surface area (Å²) in [5, 5.41) is 12.4. The quantitative estimate of drug-likeness (QED) is 0.390. The molecular weight excluding hydrogens is 460 g/mol. The number of nitrogens with one attached hydrogen (secondary N) is 1. The fraction of sp³-hybridized carbons (Fsp3) is 0.393. The summed E-state index contributed by atoms with van der Waals surface area (Å²) < 4.78 is 17.6. The van der Waals surface area contributed by atoms with Crippen LogP contribution in [0.3, 0.4) is 0 Å². The van der Waals surface area contributed by atoms with Gasteiger partial charge in [0.25, 0.3) is 0 Å². The summed E-state index contributed by atoms with van der Waals surface area (Å²) in [6, 6.07) is 14.9. The number of carboxylic acid groups (broad SMARTS) is 1. The van der Waals surface area contributed by atoms with Crippen LogP contribution in [0.4, 0.5) is 0 Å². The Balaban J connectivity index is 1.43. The summed E-state index contributed by atoms with van der Waals surface area (Å²) in [4.78, 5) is 28.5. The van der Waals surface area contributed by atoms with E-state index in [-0.39, 0.29) is 18.4 Å². The molecule has 8 heteroatoms. The topological polar surface area (TPSA) is 111 Å². The highest BCUT2D eigenvalue weighted by molar-refractivity contribution is 5.79. The van der Waals surface area contributed by atoms with E-state index in [0.29, 0.717) is 36.0 Å². The number of aromatic nitrogens is 1. The van der Waals surface area contributed by atoms with E-state index in [1.54, 1.807) is 18.2 Å². The highest BCUT2D eigenvalue weighted by Gasteiger charge is 2.31. The molecule has 190 valence electrons. The van der Waals surface area contributed by atoms with Crippen molar-refractivity contribution in [1.82, 2.24) is 10.3 Å². The monoisotopic (exact) mass is 492 g/mol. The second-order valence-corrected chi connectivity index (χ2v) is 9.52. The zero-order chi connectivity index (χ0) is 25.7. The summed E-state index contributed by atoms with van der Waals surface area (Å²) in [6.07, 6.45) is 3.43. The number of ether oxygens (including phenoxy) is 2. The molecule has 1 aliphatic rings. The van der Waals surface area contributed by atoms with Crippen molar-refractivity contribution >= 4 is 11.9 Å². The molecule has 0 spiro atoms. The number of hydrogen-bond donors (Lipinski definition) is 2. The number of benzene rings is 2. The highest BCUT2D eigenvalue weighted by atomic mass is 16.5. The molecule has 0 unspecified atom stereocenters. The number of carboxylic acids is 1. The standard InChI is InChI=1S/C28H32N2O6/c1-18-23(30-26(35-18)20-8-5-4-6-9-20)14-15-34-22-12-13-24(36-28(2,3)27(32)33)21(16-22)17-29-25(31)19-10-7-11-19/h4-6,8-9,12-13,16,19H,7,10-11,14-15,17H2,1-3H3,(H,29,31)(H,32,33). The normalized spacial score (nSPS) is 13.6. The first-order valence-electron chi connectivity index (χ1n) is 12.2. The molecule has 0 saturated heterocycles. The van der Waals surface area contributed by atoms with Gasteiger partial charge in [0.1, 0.15) is 17.3 Å². The van der Waals surface area contributed by atoms with Gasteiger partial charge in [-0.2, -0.15) is 0 Å². The third kappa shape index (κ3) is 6.05. The van der Waals surface area contributed by atoms with Gasteiger partial charge in [0, 0.05) is 30.0 Å². The lowest BCUT2D eigenvalue weighted by molar-refractivity contribution is -0.152. The van der Waals surface area contributed by atoms with Crippen LogP contribution in [0.2, 0.25) is 0 Å². The van der Waals surface area contributed by atoms with E-state index in [0.717, 1.165) is 36.3 Å². The van der Waals surface area contributed by atoms with Gasteiger partial charge in [-0.1, -0.05) is 24.6 Å². The van der Waals surface area contributed by atoms with E-state index in [1.165, 1.54) is 13.8 Å². The maximum absolute atomic E-state index is 12.4. The average Bonchev–Trinajstić information content (AvgIpc) is 3.18. The maximum Gasteiger partial charge on any atom is 0.347 e. The van der Waals surface area contributed by atoms with E-state index in [4.69, 9.17) is 13.9 Å². The van der Waals surface area contributed by atoms with Crippen LogP contribution in [-0.2, 0) is 22.6 Å². The summed E-state index contributed by atoms with van der Waals surface area (Å²) in [5.74, 6) is 1.29. The molecule has 2 aromatic carbocycles. The van der Waals surface area contributed by atoms with E-state index >= 15 is 0 Å². The van der Waals surface area contributed by atoms with Crippen LogP contribution in [-0.4, -0.2) is 34.2 Å². The number of carbonyl (C=O) groups excluding carboxylic acids is 1. The molecule has 1 aromatic heterocycles. The van der Waals surface area contributed by atoms with E-state index < -0.39 is 11.6 Å². The van der Waals surface area contributed by atoms with Gasteiger partial charge in [0.15, 0.2) is 5.60 Å². The Morgan fingerprint density at radius 3 is 2.58 bits per heavy atom. The second kappa shape index (κ2) is 10.8. The number of hydrogen-bond acceptors (Lipinski definition) is 6. The Bertz CT molecular complexity index is 1210. The Morgan fingerprint density at radius 2 is 1.92 bits per heavy atom. The predicted molar refractivity (Wildman–Crippen MR) is 134 cm³/mol. The molecule has 4 rings (SSSR count). The van der Waals surface area contributed by atoms with Crippen LogP contribution in [0.15, 0.2) is 52.9 Å². The van der Waals surface area contributed by atoms with Crippen molar-refractivity contribution in [1.29, 1.82) is 0 Å². The molecule has 1 saturated carbocycles. The van der Waals surface area contributed by atoms with Gasteiger partial charge < -0.3 is 24.3 Å². The van der Waals surface area contributed by atoms with Crippen LogP contribution in [0.5, 0.6) is 11.5 Å². The fourth-order valence-electron chi connectivity index (χ4n) is 3.83. The number of aryl methyl sites for hydroxylation is 1. The van der Waals surface area contributed by atoms with E-state index in [1.807, 2.05) is 37.3 Å². The Morgan fingerprint density at radius 1 is 1.17 bits per heavy atom. The minimum atomic E-state index is -1.42. The molecule has 0 aliphatic heterocycles. The minimum Gasteiger partial charge on any atom is -0.493 e. The number of aliphatic carboxylic acids is 1. The van der Waals surface area contributed by atoms with Gasteiger partial charge in [0.2, 0.25) is 11.8 Å². The number of amides is 1. The van der Waals surface area contributed by atoms with Crippen molar-refractivity contribution < 1.29 is 28.6 Å². The van der Waals surface area contributed by atoms with Crippen molar-refractivity contribution in [2.45, 2.75) is 58.6 Å². The second-order valence-electron chi connectivity index (χ2n) is 9.52. The maximum atomic E-state index is 12.4. The van der Waals surface area contributed by atoms with Crippen LogP contribution in [0, 0.1) is 12.8 Å². The number of oxazole rings is 1. The summed E-state index contributed by atoms with van der Waals surface area (Å²) in [5.41, 5.74) is 0.973.